The van der Waals surface area contributed by atoms with Gasteiger partial charge < -0.3 is 4.43 Å². The Morgan fingerprint density at radius 1 is 1.50 bits per heavy atom. The molecule has 0 radical (unpaired) electrons. The van der Waals surface area contributed by atoms with Crippen molar-refractivity contribution in [2.45, 2.75) is 25.7 Å². The van der Waals surface area contributed by atoms with Crippen LogP contribution in [0.15, 0.2) is 15.2 Å². The molecule has 5 heteroatoms. The largest absolute Gasteiger partial charge is 0.399 e. The minimum absolute atomic E-state index is 0.428. The first-order valence-corrected chi connectivity index (χ1v) is 9.37. The average Bonchev–Trinajstić information content (AvgIpc) is 2.45. The molecule has 0 aliphatic heterocycles. The van der Waals surface area contributed by atoms with Crippen molar-refractivity contribution in [3.05, 3.63) is 20.8 Å². The van der Waals surface area contributed by atoms with E-state index in [0.717, 1.165) is 10.0 Å². The molecule has 0 amide bonds. The van der Waals surface area contributed by atoms with E-state index in [1.54, 1.807) is 11.3 Å². The first-order chi connectivity index (χ1) is 6.44. The summed E-state index contributed by atoms with van der Waals surface area (Å²) >= 11 is 4.98. The van der Waals surface area contributed by atoms with Gasteiger partial charge in [-0.1, -0.05) is 0 Å². The molecule has 2 nitrogen and oxygen atoms in total. The predicted octanol–water partition coefficient (Wildman–Crippen LogP) is 3.93. The maximum Gasteiger partial charge on any atom is 0.186 e. The molecule has 0 aliphatic rings. The zero-order valence-electron chi connectivity index (χ0n) is 8.37. The van der Waals surface area contributed by atoms with Crippen LogP contribution in [0.5, 0.6) is 0 Å². The van der Waals surface area contributed by atoms with Gasteiger partial charge in [0.15, 0.2) is 14.4 Å². The summed E-state index contributed by atoms with van der Waals surface area (Å²) in [5.74, 6) is 0. The summed E-state index contributed by atoms with van der Waals surface area (Å²) in [6.45, 7) is 6.24. The van der Waals surface area contributed by atoms with Crippen molar-refractivity contribution in [2.24, 2.45) is 0 Å². The van der Waals surface area contributed by atoms with Crippen LogP contribution in [-0.2, 0) is 4.43 Å². The highest BCUT2D eigenvalue weighted by atomic mass is 79.9. The first kappa shape index (κ1) is 11.9. The third kappa shape index (κ3) is 3.21. The Hall–Kier alpha value is -0.153. The van der Waals surface area contributed by atoms with E-state index < -0.39 is 14.4 Å². The summed E-state index contributed by atoms with van der Waals surface area (Å²) in [7, 11) is -1.66. The quantitative estimate of drug-likeness (QED) is 0.790. The van der Waals surface area contributed by atoms with Gasteiger partial charge in [-0.3, -0.25) is 0 Å². The molecule has 14 heavy (non-hydrogen) atoms. The van der Waals surface area contributed by atoms with Gasteiger partial charge in [-0.15, -0.1) is 0 Å². The molecule has 1 rings (SSSR count). The summed E-state index contributed by atoms with van der Waals surface area (Å²) in [5.41, 5.74) is 0.944. The molecule has 76 valence electrons. The Kier molecular flexibility index (Phi) is 3.90. The fourth-order valence-electron chi connectivity index (χ4n) is 0.991. The van der Waals surface area contributed by atoms with E-state index in [1.807, 2.05) is 10.8 Å². The van der Waals surface area contributed by atoms with Crippen molar-refractivity contribution in [1.82, 2.24) is 0 Å². The topological polar surface area (TPSA) is 33.0 Å². The monoisotopic (exact) mass is 289 g/mol. The molecule has 1 aromatic rings. The van der Waals surface area contributed by atoms with Gasteiger partial charge in [-0.05, 0) is 41.0 Å². The lowest BCUT2D eigenvalue weighted by atomic mass is 10.2. The minimum atomic E-state index is -1.66. The lowest BCUT2D eigenvalue weighted by Gasteiger charge is -2.21. The second-order valence-electron chi connectivity index (χ2n) is 3.91. The van der Waals surface area contributed by atoms with Gasteiger partial charge in [0.2, 0.25) is 0 Å². The Labute approximate surface area is 97.8 Å². The lowest BCUT2D eigenvalue weighted by molar-refractivity contribution is 0.255. The van der Waals surface area contributed by atoms with Crippen LogP contribution in [-0.4, -0.2) is 8.32 Å². The third-order valence-corrected chi connectivity index (χ3v) is 4.21. The maximum absolute atomic E-state index is 9.02. The van der Waals surface area contributed by atoms with E-state index in [4.69, 9.17) is 9.69 Å². The normalized spacial score (nSPS) is 13.6. The number of hydrogen-bond donors (Lipinski definition) is 0. The summed E-state index contributed by atoms with van der Waals surface area (Å²) in [6.07, 6.45) is -0.428. The van der Waals surface area contributed by atoms with Gasteiger partial charge in [0.05, 0.1) is 6.07 Å². The van der Waals surface area contributed by atoms with E-state index in [1.165, 1.54) is 0 Å². The molecule has 0 aliphatic carbocycles. The highest BCUT2D eigenvalue weighted by Crippen LogP contribution is 2.30. The van der Waals surface area contributed by atoms with Crippen molar-refractivity contribution in [2.75, 3.05) is 0 Å². The molecule has 1 aromatic heterocycles. The van der Waals surface area contributed by atoms with Gasteiger partial charge in [-0.25, -0.2) is 0 Å². The van der Waals surface area contributed by atoms with Crippen LogP contribution in [0.4, 0.5) is 0 Å². The van der Waals surface area contributed by atoms with E-state index in [2.05, 4.69) is 41.6 Å². The van der Waals surface area contributed by atoms with Crippen LogP contribution in [0, 0.1) is 11.3 Å². The van der Waals surface area contributed by atoms with E-state index in [0.29, 0.717) is 0 Å². The van der Waals surface area contributed by atoms with E-state index in [-0.39, 0.29) is 0 Å². The number of thiophene rings is 1. The molecule has 1 heterocycles. The number of nitriles is 1. The van der Waals surface area contributed by atoms with Crippen LogP contribution in [0.1, 0.15) is 11.7 Å². The van der Waals surface area contributed by atoms with Crippen LogP contribution < -0.4 is 0 Å². The molecule has 1 unspecified atom stereocenters. The molecule has 0 spiro atoms. The van der Waals surface area contributed by atoms with Crippen LogP contribution >= 0.6 is 27.3 Å². The molecule has 0 N–H and O–H groups in total. The number of nitrogens with zero attached hydrogens (tertiary/aromatic N) is 1. The standard InChI is InChI=1S/C9H12BrNOSSi/c1-14(2,3)12-9(4-11)7-5-13-6-8(7)10/h5-6,9H,1-3H3. The summed E-state index contributed by atoms with van der Waals surface area (Å²) in [5, 5.41) is 12.9. The molecule has 0 fully saturated rings. The van der Waals surface area contributed by atoms with Crippen LogP contribution in [0.25, 0.3) is 0 Å². The number of halogens is 1. The van der Waals surface area contributed by atoms with Gasteiger partial charge in [0.25, 0.3) is 0 Å². The van der Waals surface area contributed by atoms with Gasteiger partial charge >= 0.3 is 0 Å². The van der Waals surface area contributed by atoms with Crippen molar-refractivity contribution in [3.8, 4) is 6.07 Å². The number of hydrogen-bond acceptors (Lipinski definition) is 3. The Bertz CT molecular complexity index is 352. The molecule has 0 bridgehead atoms. The SMILES string of the molecule is C[Si](C)(C)OC(C#N)c1cscc1Br. The fraction of sp³-hybridized carbons (Fsp3) is 0.444. The molecule has 0 saturated heterocycles. The summed E-state index contributed by atoms with van der Waals surface area (Å²) in [6, 6.07) is 2.19. The van der Waals surface area contributed by atoms with Crippen molar-refractivity contribution in [3.63, 3.8) is 0 Å². The smallest absolute Gasteiger partial charge is 0.186 e. The zero-order valence-corrected chi connectivity index (χ0v) is 11.8. The van der Waals surface area contributed by atoms with Gasteiger partial charge in [0, 0.05) is 15.4 Å². The van der Waals surface area contributed by atoms with Gasteiger partial charge in [-0.2, -0.15) is 16.6 Å². The second kappa shape index (κ2) is 4.58. The molecule has 0 aromatic carbocycles. The molecule has 0 saturated carbocycles. The highest BCUT2D eigenvalue weighted by Gasteiger charge is 2.23. The fourth-order valence-corrected chi connectivity index (χ4v) is 3.40. The van der Waals surface area contributed by atoms with Crippen LogP contribution in [0.2, 0.25) is 19.6 Å². The number of rotatable bonds is 3. The third-order valence-electron chi connectivity index (χ3n) is 1.51. The second-order valence-corrected chi connectivity index (χ2v) is 9.97. The predicted molar refractivity (Wildman–Crippen MR) is 64.8 cm³/mol. The Morgan fingerprint density at radius 2 is 2.14 bits per heavy atom. The average molecular weight is 290 g/mol. The minimum Gasteiger partial charge on any atom is -0.399 e. The summed E-state index contributed by atoms with van der Waals surface area (Å²) < 4.78 is 6.73. The van der Waals surface area contributed by atoms with E-state index in [9.17, 15) is 0 Å². The van der Waals surface area contributed by atoms with Crippen LogP contribution in [0.3, 0.4) is 0 Å². The summed E-state index contributed by atoms with van der Waals surface area (Å²) in [4.78, 5) is 0. The maximum atomic E-state index is 9.02. The molecular formula is C9H12BrNOSSi. The van der Waals surface area contributed by atoms with Crippen molar-refractivity contribution >= 4 is 35.6 Å². The lowest BCUT2D eigenvalue weighted by Crippen LogP contribution is -2.27. The Morgan fingerprint density at radius 3 is 2.50 bits per heavy atom. The van der Waals surface area contributed by atoms with E-state index >= 15 is 0 Å². The highest BCUT2D eigenvalue weighted by molar-refractivity contribution is 9.10. The molecular weight excluding hydrogens is 278 g/mol. The molecule has 1 atom stereocenters. The Balaban J connectivity index is 2.85. The first-order valence-electron chi connectivity index (χ1n) is 4.23. The van der Waals surface area contributed by atoms with Crippen molar-refractivity contribution < 1.29 is 4.43 Å². The van der Waals surface area contributed by atoms with Gasteiger partial charge in [0.1, 0.15) is 0 Å². The zero-order chi connectivity index (χ0) is 10.8. The van der Waals surface area contributed by atoms with Crippen molar-refractivity contribution in [1.29, 1.82) is 5.26 Å².